The maximum atomic E-state index is 12.3. The Morgan fingerprint density at radius 1 is 1.28 bits per heavy atom. The zero-order chi connectivity index (χ0) is 18.8. The van der Waals surface area contributed by atoms with E-state index in [0.717, 1.165) is 19.3 Å². The average molecular weight is 366 g/mol. The van der Waals surface area contributed by atoms with Crippen LogP contribution < -0.4 is 21.9 Å². The van der Waals surface area contributed by atoms with Gasteiger partial charge in [0.05, 0.1) is 4.88 Å². The van der Waals surface area contributed by atoms with Crippen LogP contribution in [0.2, 0.25) is 0 Å². The molecule has 2 rings (SSSR count). The van der Waals surface area contributed by atoms with E-state index < -0.39 is 18.0 Å². The number of hydrogen-bond donors (Lipinski definition) is 4. The Morgan fingerprint density at radius 3 is 2.56 bits per heavy atom. The number of primary amides is 1. The first kappa shape index (κ1) is 19.2. The van der Waals surface area contributed by atoms with Crippen LogP contribution in [0.4, 0.5) is 4.79 Å². The van der Waals surface area contributed by atoms with Gasteiger partial charge in [0.25, 0.3) is 11.8 Å². The van der Waals surface area contributed by atoms with E-state index in [2.05, 4.69) is 36.9 Å². The Morgan fingerprint density at radius 2 is 1.96 bits per heavy atom. The highest BCUT2D eigenvalue weighted by molar-refractivity contribution is 7.14. The minimum absolute atomic E-state index is 0.250. The molecule has 138 valence electrons. The number of rotatable bonds is 3. The van der Waals surface area contributed by atoms with Gasteiger partial charge < -0.3 is 11.1 Å². The molecule has 1 aromatic rings. The maximum Gasteiger partial charge on any atom is 0.312 e. The number of nitrogens with two attached hydrogens (primary N) is 1. The quantitative estimate of drug-likeness (QED) is 0.611. The number of urea groups is 1. The van der Waals surface area contributed by atoms with Crippen LogP contribution in [0.25, 0.3) is 0 Å². The van der Waals surface area contributed by atoms with Gasteiger partial charge in [0, 0.05) is 4.88 Å². The lowest BCUT2D eigenvalue weighted by atomic mass is 9.72. The van der Waals surface area contributed by atoms with Gasteiger partial charge in [0.1, 0.15) is 6.04 Å². The number of hydrogen-bond acceptors (Lipinski definition) is 4. The molecule has 1 aliphatic rings. The van der Waals surface area contributed by atoms with E-state index in [9.17, 15) is 14.4 Å². The molecule has 0 fully saturated rings. The van der Waals surface area contributed by atoms with Crippen molar-refractivity contribution in [2.45, 2.75) is 53.0 Å². The van der Waals surface area contributed by atoms with Crippen LogP contribution in [0.1, 0.15) is 54.2 Å². The normalized spacial score (nSPS) is 18.0. The molecular formula is C17H26N4O3S. The molecule has 0 bridgehead atoms. The summed E-state index contributed by atoms with van der Waals surface area (Å²) in [6, 6.07) is 0.292. The summed E-state index contributed by atoms with van der Waals surface area (Å²) in [6.45, 7) is 8.22. The molecule has 0 aromatic carbocycles. The van der Waals surface area contributed by atoms with E-state index >= 15 is 0 Å². The SMILES string of the molecule is C[C@H](NC(N)=O)C(=O)NNC(=O)c1cc2c(s1)CC[C@@H](C(C)(C)C)C2. The van der Waals surface area contributed by atoms with Gasteiger partial charge in [-0.25, -0.2) is 4.79 Å². The van der Waals surface area contributed by atoms with E-state index in [0.29, 0.717) is 10.8 Å². The number of aryl methyl sites for hydroxylation is 1. The van der Waals surface area contributed by atoms with Gasteiger partial charge >= 0.3 is 6.03 Å². The van der Waals surface area contributed by atoms with Crippen molar-refractivity contribution in [1.82, 2.24) is 16.2 Å². The first-order chi connectivity index (χ1) is 11.6. The summed E-state index contributed by atoms with van der Waals surface area (Å²) >= 11 is 1.47. The van der Waals surface area contributed by atoms with Crippen molar-refractivity contribution in [3.8, 4) is 0 Å². The Kier molecular flexibility index (Phi) is 5.72. The number of carbonyl (C=O) groups excluding carboxylic acids is 3. The first-order valence-electron chi connectivity index (χ1n) is 8.35. The van der Waals surface area contributed by atoms with Gasteiger partial charge in [-0.1, -0.05) is 20.8 Å². The molecule has 5 N–H and O–H groups in total. The number of amides is 4. The fourth-order valence-electron chi connectivity index (χ4n) is 2.94. The zero-order valence-electron chi connectivity index (χ0n) is 15.1. The Hall–Kier alpha value is -2.09. The second-order valence-electron chi connectivity index (χ2n) is 7.54. The van der Waals surface area contributed by atoms with Crippen LogP contribution >= 0.6 is 11.3 Å². The highest BCUT2D eigenvalue weighted by atomic mass is 32.1. The molecule has 1 aliphatic carbocycles. The van der Waals surface area contributed by atoms with Crippen LogP contribution in [-0.4, -0.2) is 23.9 Å². The third-order valence-corrected chi connectivity index (χ3v) is 5.82. The molecular weight excluding hydrogens is 340 g/mol. The molecule has 0 aliphatic heterocycles. The molecule has 0 radical (unpaired) electrons. The number of thiophene rings is 1. The minimum Gasteiger partial charge on any atom is -0.352 e. The third kappa shape index (κ3) is 4.94. The average Bonchev–Trinajstić information content (AvgIpc) is 2.93. The van der Waals surface area contributed by atoms with E-state index in [-0.39, 0.29) is 11.3 Å². The molecule has 2 atom stereocenters. The Bertz CT molecular complexity index is 678. The van der Waals surface area contributed by atoms with Crippen molar-refractivity contribution in [3.05, 3.63) is 21.4 Å². The predicted octanol–water partition coefficient (Wildman–Crippen LogP) is 1.72. The van der Waals surface area contributed by atoms with Crippen LogP contribution in [0.15, 0.2) is 6.07 Å². The molecule has 1 heterocycles. The lowest BCUT2D eigenvalue weighted by Gasteiger charge is -2.33. The Labute approximate surface area is 151 Å². The summed E-state index contributed by atoms with van der Waals surface area (Å²) in [5, 5.41) is 2.24. The second-order valence-corrected chi connectivity index (χ2v) is 8.68. The first-order valence-corrected chi connectivity index (χ1v) is 9.17. The molecule has 8 heteroatoms. The fraction of sp³-hybridized carbons (Fsp3) is 0.588. The standard InChI is InChI=1S/C17H26N4O3S/c1-9(19-16(18)24)14(22)20-21-15(23)13-8-10-7-11(17(2,3)4)5-6-12(10)25-13/h8-9,11H,5-7H2,1-4H3,(H,20,22)(H,21,23)(H3,18,19,24)/t9-,11+/m0/s1. The van der Waals surface area contributed by atoms with Gasteiger partial charge in [0.2, 0.25) is 0 Å². The van der Waals surface area contributed by atoms with E-state index in [1.54, 1.807) is 0 Å². The molecule has 0 saturated heterocycles. The van der Waals surface area contributed by atoms with Crippen molar-refractivity contribution in [2.24, 2.45) is 17.1 Å². The molecule has 4 amide bonds. The van der Waals surface area contributed by atoms with E-state index in [4.69, 9.17) is 5.73 Å². The highest BCUT2D eigenvalue weighted by Crippen LogP contribution is 2.39. The molecule has 0 saturated carbocycles. The van der Waals surface area contributed by atoms with Gasteiger partial charge in [-0.2, -0.15) is 0 Å². The van der Waals surface area contributed by atoms with Crippen LogP contribution in [0, 0.1) is 11.3 Å². The molecule has 0 unspecified atom stereocenters. The third-order valence-electron chi connectivity index (χ3n) is 4.58. The van der Waals surface area contributed by atoms with Gasteiger partial charge in [-0.05, 0) is 49.1 Å². The maximum absolute atomic E-state index is 12.3. The van der Waals surface area contributed by atoms with Gasteiger partial charge in [-0.3, -0.25) is 20.4 Å². The zero-order valence-corrected chi connectivity index (χ0v) is 15.9. The number of fused-ring (bicyclic) bond motifs is 1. The molecule has 25 heavy (non-hydrogen) atoms. The van der Waals surface area contributed by atoms with Gasteiger partial charge in [0.15, 0.2) is 0 Å². The van der Waals surface area contributed by atoms with E-state index in [1.807, 2.05) is 6.07 Å². The summed E-state index contributed by atoms with van der Waals surface area (Å²) in [4.78, 5) is 36.6. The predicted molar refractivity (Wildman–Crippen MR) is 97.1 cm³/mol. The fourth-order valence-corrected chi connectivity index (χ4v) is 4.05. The smallest absolute Gasteiger partial charge is 0.312 e. The van der Waals surface area contributed by atoms with Crippen molar-refractivity contribution < 1.29 is 14.4 Å². The number of nitrogens with one attached hydrogen (secondary N) is 3. The summed E-state index contributed by atoms with van der Waals surface area (Å²) in [5.41, 5.74) is 11.1. The Balaban J connectivity index is 1.95. The summed E-state index contributed by atoms with van der Waals surface area (Å²) in [7, 11) is 0. The molecule has 1 aromatic heterocycles. The number of carbonyl (C=O) groups is 3. The lowest BCUT2D eigenvalue weighted by Crippen LogP contribution is -2.51. The van der Waals surface area contributed by atoms with Crippen LogP contribution in [-0.2, 0) is 17.6 Å². The summed E-state index contributed by atoms with van der Waals surface area (Å²) in [6.07, 6.45) is 3.10. The lowest BCUT2D eigenvalue weighted by molar-refractivity contribution is -0.123. The minimum atomic E-state index is -0.832. The monoisotopic (exact) mass is 366 g/mol. The largest absolute Gasteiger partial charge is 0.352 e. The van der Waals surface area contributed by atoms with Crippen molar-refractivity contribution >= 4 is 29.2 Å². The van der Waals surface area contributed by atoms with Crippen molar-refractivity contribution in [3.63, 3.8) is 0 Å². The number of hydrazine groups is 1. The van der Waals surface area contributed by atoms with Crippen molar-refractivity contribution in [1.29, 1.82) is 0 Å². The summed E-state index contributed by atoms with van der Waals surface area (Å²) < 4.78 is 0. The highest BCUT2D eigenvalue weighted by Gasteiger charge is 2.30. The summed E-state index contributed by atoms with van der Waals surface area (Å²) in [5.74, 6) is -0.293. The van der Waals surface area contributed by atoms with Gasteiger partial charge in [-0.15, -0.1) is 11.3 Å². The van der Waals surface area contributed by atoms with E-state index in [1.165, 1.54) is 28.7 Å². The van der Waals surface area contributed by atoms with Crippen molar-refractivity contribution in [2.75, 3.05) is 0 Å². The van der Waals surface area contributed by atoms with Crippen LogP contribution in [0.3, 0.4) is 0 Å². The second kappa shape index (κ2) is 7.43. The molecule has 0 spiro atoms. The topological polar surface area (TPSA) is 113 Å². The molecule has 7 nitrogen and oxygen atoms in total. The van der Waals surface area contributed by atoms with Crippen LogP contribution in [0.5, 0.6) is 0 Å².